The summed E-state index contributed by atoms with van der Waals surface area (Å²) in [6.45, 7) is 3.64. The molecule has 0 unspecified atom stereocenters. The van der Waals surface area contributed by atoms with E-state index in [1.54, 1.807) is 14.2 Å². The first kappa shape index (κ1) is 22.6. The molecule has 0 atom stereocenters. The number of nitrogens with zero attached hydrogens (tertiary/aromatic N) is 4. The fraction of sp³-hybridized carbons (Fsp3) is 0.588. The van der Waals surface area contributed by atoms with Crippen LogP contribution in [0, 0.1) is 0 Å². The van der Waals surface area contributed by atoms with Crippen LogP contribution in [0.2, 0.25) is 0 Å². The maximum Gasteiger partial charge on any atom is 0.190 e. The molecule has 8 nitrogen and oxygen atoms in total. The molecular weight excluding hydrogens is 447 g/mol. The van der Waals surface area contributed by atoms with Gasteiger partial charge in [0.1, 0.15) is 5.82 Å². The van der Waals surface area contributed by atoms with Crippen LogP contribution in [0.5, 0.6) is 0 Å². The zero-order valence-electron chi connectivity index (χ0n) is 15.5. The summed E-state index contributed by atoms with van der Waals surface area (Å²) in [7, 11) is 3.45. The van der Waals surface area contributed by atoms with Crippen LogP contribution in [-0.4, -0.2) is 67.6 Å². The first-order valence-corrected chi connectivity index (χ1v) is 8.65. The normalized spacial score (nSPS) is 11.4. The molecule has 146 valence electrons. The fourth-order valence-electron chi connectivity index (χ4n) is 2.36. The van der Waals surface area contributed by atoms with Gasteiger partial charge >= 0.3 is 0 Å². The number of hydrogen-bond acceptors (Lipinski definition) is 5. The summed E-state index contributed by atoms with van der Waals surface area (Å²) in [6, 6.07) is 5.91. The minimum Gasteiger partial charge on any atom is -0.382 e. The van der Waals surface area contributed by atoms with Crippen LogP contribution < -0.4 is 10.6 Å². The van der Waals surface area contributed by atoms with Gasteiger partial charge in [0.05, 0.1) is 13.2 Å². The van der Waals surface area contributed by atoms with Gasteiger partial charge < -0.3 is 20.1 Å². The Hall–Kier alpha value is -1.46. The number of pyridine rings is 1. The number of aliphatic imine (C=N–C) groups is 1. The predicted octanol–water partition coefficient (Wildman–Crippen LogP) is 1.50. The van der Waals surface area contributed by atoms with Gasteiger partial charge in [-0.15, -0.1) is 34.2 Å². The predicted molar refractivity (Wildman–Crippen MR) is 113 cm³/mol. The standard InChI is InChI=1S/C17H28N6O2.HI/c1-18-17(20-10-6-12-25-14-13-24-2)19-9-5-8-16-22-21-15-7-3-4-11-23(15)16;/h3-4,7,11H,5-6,8-10,12-14H2,1-2H3,(H2,18,19,20);1H. The molecular formula is C17H29IN6O2. The molecule has 0 aliphatic rings. The Labute approximate surface area is 171 Å². The van der Waals surface area contributed by atoms with E-state index in [1.807, 2.05) is 28.8 Å². The quantitative estimate of drug-likeness (QED) is 0.221. The van der Waals surface area contributed by atoms with Crippen molar-refractivity contribution in [1.29, 1.82) is 0 Å². The molecule has 2 aromatic heterocycles. The summed E-state index contributed by atoms with van der Waals surface area (Å²) >= 11 is 0. The third kappa shape index (κ3) is 7.83. The number of hydrogen-bond donors (Lipinski definition) is 2. The van der Waals surface area contributed by atoms with Crippen LogP contribution in [0.1, 0.15) is 18.7 Å². The highest BCUT2D eigenvalue weighted by Crippen LogP contribution is 2.04. The van der Waals surface area contributed by atoms with Gasteiger partial charge in [0.2, 0.25) is 0 Å². The number of aryl methyl sites for hydroxylation is 1. The van der Waals surface area contributed by atoms with Crippen molar-refractivity contribution in [3.05, 3.63) is 30.2 Å². The van der Waals surface area contributed by atoms with Crippen molar-refractivity contribution < 1.29 is 9.47 Å². The Kier molecular flexibility index (Phi) is 11.9. The third-order valence-corrected chi connectivity index (χ3v) is 3.67. The van der Waals surface area contributed by atoms with Gasteiger partial charge in [0.25, 0.3) is 0 Å². The number of aromatic nitrogens is 3. The number of halogens is 1. The zero-order valence-corrected chi connectivity index (χ0v) is 17.8. The van der Waals surface area contributed by atoms with Gasteiger partial charge in [0.15, 0.2) is 11.6 Å². The minimum absolute atomic E-state index is 0. The van der Waals surface area contributed by atoms with E-state index in [9.17, 15) is 0 Å². The van der Waals surface area contributed by atoms with Crippen molar-refractivity contribution in [2.75, 3.05) is 47.1 Å². The maximum atomic E-state index is 5.42. The molecule has 26 heavy (non-hydrogen) atoms. The second kappa shape index (κ2) is 13.7. The summed E-state index contributed by atoms with van der Waals surface area (Å²) in [4.78, 5) is 4.22. The Morgan fingerprint density at radius 3 is 2.69 bits per heavy atom. The lowest BCUT2D eigenvalue weighted by Crippen LogP contribution is -2.38. The summed E-state index contributed by atoms with van der Waals surface area (Å²) in [6.07, 6.45) is 4.74. The number of fused-ring (bicyclic) bond motifs is 1. The molecule has 2 heterocycles. The van der Waals surface area contributed by atoms with Crippen molar-refractivity contribution >= 4 is 35.6 Å². The summed E-state index contributed by atoms with van der Waals surface area (Å²) in [5.41, 5.74) is 0.885. The van der Waals surface area contributed by atoms with Crippen LogP contribution >= 0.6 is 24.0 Å². The van der Waals surface area contributed by atoms with E-state index < -0.39 is 0 Å². The van der Waals surface area contributed by atoms with Crippen LogP contribution in [0.3, 0.4) is 0 Å². The van der Waals surface area contributed by atoms with Crippen molar-refractivity contribution in [1.82, 2.24) is 25.2 Å². The average molecular weight is 476 g/mol. The number of ether oxygens (including phenoxy) is 2. The lowest BCUT2D eigenvalue weighted by Gasteiger charge is -2.11. The molecule has 0 saturated heterocycles. The topological polar surface area (TPSA) is 85.1 Å². The number of guanidine groups is 1. The Bertz CT molecular complexity index is 649. The third-order valence-electron chi connectivity index (χ3n) is 3.67. The Balaban J connectivity index is 0.00000338. The number of nitrogens with one attached hydrogen (secondary N) is 2. The van der Waals surface area contributed by atoms with Gasteiger partial charge in [0, 0.05) is 46.5 Å². The fourth-order valence-corrected chi connectivity index (χ4v) is 2.36. The van der Waals surface area contributed by atoms with Gasteiger partial charge in [-0.3, -0.25) is 9.39 Å². The van der Waals surface area contributed by atoms with Crippen molar-refractivity contribution in [3.8, 4) is 0 Å². The molecule has 0 fully saturated rings. The minimum atomic E-state index is 0. The summed E-state index contributed by atoms with van der Waals surface area (Å²) in [5.74, 6) is 1.79. The molecule has 2 N–H and O–H groups in total. The SMILES string of the molecule is CN=C(NCCCOCCOC)NCCCc1nnc2ccccn12.I. The molecule has 0 aliphatic heterocycles. The summed E-state index contributed by atoms with van der Waals surface area (Å²) in [5, 5.41) is 15.0. The smallest absolute Gasteiger partial charge is 0.190 e. The van der Waals surface area contributed by atoms with Crippen molar-refractivity contribution in [3.63, 3.8) is 0 Å². The van der Waals surface area contributed by atoms with Crippen LogP contribution in [-0.2, 0) is 15.9 Å². The van der Waals surface area contributed by atoms with E-state index in [-0.39, 0.29) is 24.0 Å². The zero-order chi connectivity index (χ0) is 17.7. The molecule has 2 rings (SSSR count). The van der Waals surface area contributed by atoms with Crippen LogP contribution in [0.25, 0.3) is 5.65 Å². The first-order valence-electron chi connectivity index (χ1n) is 8.65. The van der Waals surface area contributed by atoms with Crippen molar-refractivity contribution in [2.45, 2.75) is 19.3 Å². The number of rotatable bonds is 11. The van der Waals surface area contributed by atoms with Gasteiger partial charge in [-0.25, -0.2) is 0 Å². The lowest BCUT2D eigenvalue weighted by molar-refractivity contribution is 0.0698. The lowest BCUT2D eigenvalue weighted by atomic mass is 10.3. The van der Waals surface area contributed by atoms with Crippen LogP contribution in [0.15, 0.2) is 29.4 Å². The van der Waals surface area contributed by atoms with Crippen LogP contribution in [0.4, 0.5) is 0 Å². The van der Waals surface area contributed by atoms with E-state index in [0.29, 0.717) is 19.8 Å². The molecule has 0 saturated carbocycles. The van der Waals surface area contributed by atoms with E-state index >= 15 is 0 Å². The molecule has 0 aliphatic carbocycles. The van der Waals surface area contributed by atoms with E-state index in [1.165, 1.54) is 0 Å². The molecule has 9 heteroatoms. The van der Waals surface area contributed by atoms with E-state index in [4.69, 9.17) is 9.47 Å². The second-order valence-electron chi connectivity index (χ2n) is 5.53. The van der Waals surface area contributed by atoms with Gasteiger partial charge in [-0.2, -0.15) is 0 Å². The van der Waals surface area contributed by atoms with E-state index in [2.05, 4.69) is 25.8 Å². The largest absolute Gasteiger partial charge is 0.382 e. The Morgan fingerprint density at radius 1 is 1.12 bits per heavy atom. The molecule has 0 bridgehead atoms. The number of methoxy groups -OCH3 is 1. The average Bonchev–Trinajstić information content (AvgIpc) is 3.06. The highest BCUT2D eigenvalue weighted by Gasteiger charge is 2.04. The summed E-state index contributed by atoms with van der Waals surface area (Å²) < 4.78 is 12.4. The first-order chi connectivity index (χ1) is 12.3. The molecule has 0 aromatic carbocycles. The monoisotopic (exact) mass is 476 g/mol. The van der Waals surface area contributed by atoms with E-state index in [0.717, 1.165) is 49.8 Å². The van der Waals surface area contributed by atoms with Gasteiger partial charge in [-0.1, -0.05) is 6.07 Å². The highest BCUT2D eigenvalue weighted by atomic mass is 127. The molecule has 0 radical (unpaired) electrons. The molecule has 0 amide bonds. The Morgan fingerprint density at radius 2 is 1.92 bits per heavy atom. The second-order valence-corrected chi connectivity index (χ2v) is 5.53. The molecule has 0 spiro atoms. The maximum absolute atomic E-state index is 5.42. The highest BCUT2D eigenvalue weighted by molar-refractivity contribution is 14.0. The molecule has 2 aromatic rings. The van der Waals surface area contributed by atoms with Gasteiger partial charge in [-0.05, 0) is 25.0 Å². The van der Waals surface area contributed by atoms with Crippen molar-refractivity contribution in [2.24, 2.45) is 4.99 Å².